The number of nitrogens with one attached hydrogen (secondary N) is 1. The fraction of sp³-hybridized carbons (Fsp3) is 0.286. The Balaban J connectivity index is 2.22. The number of aryl methyl sites for hydroxylation is 1. The van der Waals surface area contributed by atoms with Crippen molar-refractivity contribution in [1.82, 2.24) is 5.32 Å². The van der Waals surface area contributed by atoms with Crippen LogP contribution in [0.1, 0.15) is 22.0 Å². The number of benzene rings is 1. The predicted molar refractivity (Wildman–Crippen MR) is 76.0 cm³/mol. The molecule has 0 spiro atoms. The van der Waals surface area contributed by atoms with Gasteiger partial charge in [0.1, 0.15) is 5.82 Å². The van der Waals surface area contributed by atoms with Crippen LogP contribution < -0.4 is 5.32 Å². The summed E-state index contributed by atoms with van der Waals surface area (Å²) in [7, 11) is 1.90. The van der Waals surface area contributed by atoms with Crippen LogP contribution in [-0.2, 0) is 6.42 Å². The molecule has 4 heteroatoms. The summed E-state index contributed by atoms with van der Waals surface area (Å²) in [6.07, 6.45) is 0.730. The quantitative estimate of drug-likeness (QED) is 0.879. The second kappa shape index (κ2) is 5.83. The van der Waals surface area contributed by atoms with Gasteiger partial charge in [0.15, 0.2) is 0 Å². The summed E-state index contributed by atoms with van der Waals surface area (Å²) in [6.45, 7) is 2.00. The molecule has 0 amide bonds. The van der Waals surface area contributed by atoms with Gasteiger partial charge >= 0.3 is 0 Å². The lowest BCUT2D eigenvalue weighted by atomic mass is 10.0. The highest BCUT2D eigenvalue weighted by Gasteiger charge is 2.17. The molecular formula is C14H15ClFNS. The molecule has 1 nitrogen and oxygen atoms in total. The average Bonchev–Trinajstić information content (AvgIpc) is 2.67. The highest BCUT2D eigenvalue weighted by Crippen LogP contribution is 2.33. The number of hydrogen-bond donors (Lipinski definition) is 1. The zero-order valence-corrected chi connectivity index (χ0v) is 11.9. The Labute approximate surface area is 116 Å². The number of likely N-dealkylation sites (N-methyl/N-ethyl adjacent to an activating group) is 1. The van der Waals surface area contributed by atoms with E-state index in [0.29, 0.717) is 0 Å². The molecule has 0 aliphatic heterocycles. The summed E-state index contributed by atoms with van der Waals surface area (Å²) in [5.74, 6) is -0.198. The largest absolute Gasteiger partial charge is 0.312 e. The van der Waals surface area contributed by atoms with Crippen molar-refractivity contribution in [3.8, 4) is 0 Å². The van der Waals surface area contributed by atoms with Crippen molar-refractivity contribution in [3.63, 3.8) is 0 Å². The Morgan fingerprint density at radius 3 is 2.78 bits per heavy atom. The Hall–Kier alpha value is -0.900. The third-order valence-corrected chi connectivity index (χ3v) is 4.75. The first-order valence-corrected chi connectivity index (χ1v) is 7.02. The molecule has 1 heterocycles. The minimum atomic E-state index is -0.198. The van der Waals surface area contributed by atoms with Gasteiger partial charge in [0.05, 0.1) is 5.02 Å². The molecule has 1 N–H and O–H groups in total. The summed E-state index contributed by atoms with van der Waals surface area (Å²) in [4.78, 5) is 1.11. The first-order chi connectivity index (χ1) is 8.61. The molecule has 1 atom stereocenters. The van der Waals surface area contributed by atoms with E-state index in [1.54, 1.807) is 23.5 Å². The Kier molecular flexibility index (Phi) is 4.38. The Bertz CT molecular complexity index is 538. The molecule has 0 fully saturated rings. The molecule has 0 bridgehead atoms. The van der Waals surface area contributed by atoms with Gasteiger partial charge in [-0.25, -0.2) is 4.39 Å². The lowest BCUT2D eigenvalue weighted by Crippen LogP contribution is -2.18. The fourth-order valence-electron chi connectivity index (χ4n) is 1.91. The molecule has 0 aliphatic rings. The molecular weight excluding hydrogens is 269 g/mol. The minimum Gasteiger partial charge on any atom is -0.312 e. The first kappa shape index (κ1) is 13.5. The van der Waals surface area contributed by atoms with Crippen molar-refractivity contribution in [3.05, 3.63) is 56.5 Å². The van der Waals surface area contributed by atoms with Gasteiger partial charge in [-0.15, -0.1) is 11.3 Å². The fourth-order valence-corrected chi connectivity index (χ4v) is 3.35. The second-order valence-electron chi connectivity index (χ2n) is 4.27. The molecule has 96 valence electrons. The molecule has 0 radical (unpaired) electrons. The molecule has 1 aromatic carbocycles. The normalized spacial score (nSPS) is 12.7. The Morgan fingerprint density at radius 2 is 2.22 bits per heavy atom. The van der Waals surface area contributed by atoms with Crippen LogP contribution in [0.2, 0.25) is 5.02 Å². The van der Waals surface area contributed by atoms with Crippen LogP contribution in [-0.4, -0.2) is 7.05 Å². The number of thiophene rings is 1. The van der Waals surface area contributed by atoms with Crippen molar-refractivity contribution < 1.29 is 4.39 Å². The number of halogens is 2. The van der Waals surface area contributed by atoms with Crippen molar-refractivity contribution in [2.24, 2.45) is 0 Å². The summed E-state index contributed by atoms with van der Waals surface area (Å²) in [5, 5.41) is 6.11. The van der Waals surface area contributed by atoms with Crippen molar-refractivity contribution >= 4 is 22.9 Å². The van der Waals surface area contributed by atoms with Crippen molar-refractivity contribution in [1.29, 1.82) is 0 Å². The van der Waals surface area contributed by atoms with Gasteiger partial charge in [-0.3, -0.25) is 0 Å². The van der Waals surface area contributed by atoms with E-state index in [0.717, 1.165) is 27.4 Å². The van der Waals surface area contributed by atoms with Gasteiger partial charge in [0.25, 0.3) is 0 Å². The lowest BCUT2D eigenvalue weighted by molar-refractivity contribution is 0.592. The number of hydrogen-bond acceptors (Lipinski definition) is 2. The van der Waals surface area contributed by atoms with E-state index in [4.69, 9.17) is 11.6 Å². The monoisotopic (exact) mass is 283 g/mol. The van der Waals surface area contributed by atoms with Crippen LogP contribution in [0.15, 0.2) is 29.6 Å². The molecule has 1 unspecified atom stereocenters. The van der Waals surface area contributed by atoms with Gasteiger partial charge in [-0.05, 0) is 49.0 Å². The third kappa shape index (κ3) is 2.91. The van der Waals surface area contributed by atoms with Gasteiger partial charge < -0.3 is 5.32 Å². The molecule has 1 aromatic heterocycles. The third-order valence-electron chi connectivity index (χ3n) is 2.92. The average molecular weight is 284 g/mol. The van der Waals surface area contributed by atoms with Crippen molar-refractivity contribution in [2.75, 3.05) is 7.05 Å². The highest BCUT2D eigenvalue weighted by atomic mass is 35.5. The van der Waals surface area contributed by atoms with Crippen LogP contribution in [0.25, 0.3) is 0 Å². The van der Waals surface area contributed by atoms with E-state index in [-0.39, 0.29) is 11.9 Å². The highest BCUT2D eigenvalue weighted by molar-refractivity contribution is 7.10. The molecule has 2 rings (SSSR count). The summed E-state index contributed by atoms with van der Waals surface area (Å²) < 4.78 is 13.2. The van der Waals surface area contributed by atoms with Crippen LogP contribution in [0, 0.1) is 12.7 Å². The van der Waals surface area contributed by atoms with Crippen LogP contribution in [0.4, 0.5) is 4.39 Å². The first-order valence-electron chi connectivity index (χ1n) is 5.77. The van der Waals surface area contributed by atoms with Gasteiger partial charge in [0.2, 0.25) is 0 Å². The van der Waals surface area contributed by atoms with Crippen LogP contribution >= 0.6 is 22.9 Å². The molecule has 18 heavy (non-hydrogen) atoms. The minimum absolute atomic E-state index is 0.123. The van der Waals surface area contributed by atoms with Gasteiger partial charge in [-0.2, -0.15) is 0 Å². The standard InChI is InChI=1S/C14H15ClFNS/c1-9-8-18-14(13(9)15)12(17-2)7-10-4-3-5-11(16)6-10/h3-6,8,12,17H,7H2,1-2H3. The van der Waals surface area contributed by atoms with Gasteiger partial charge in [-0.1, -0.05) is 23.7 Å². The molecule has 0 saturated heterocycles. The van der Waals surface area contributed by atoms with E-state index in [2.05, 4.69) is 5.32 Å². The number of rotatable bonds is 4. The Morgan fingerprint density at radius 1 is 1.44 bits per heavy atom. The SMILES string of the molecule is CNC(Cc1cccc(F)c1)c1scc(C)c1Cl. The zero-order chi connectivity index (χ0) is 13.1. The van der Waals surface area contributed by atoms with E-state index in [1.165, 1.54) is 6.07 Å². The lowest BCUT2D eigenvalue weighted by Gasteiger charge is -2.15. The van der Waals surface area contributed by atoms with E-state index < -0.39 is 0 Å². The summed E-state index contributed by atoms with van der Waals surface area (Å²) in [5.41, 5.74) is 2.06. The second-order valence-corrected chi connectivity index (χ2v) is 5.56. The molecule has 0 aliphatic carbocycles. The van der Waals surface area contributed by atoms with E-state index >= 15 is 0 Å². The topological polar surface area (TPSA) is 12.0 Å². The van der Waals surface area contributed by atoms with E-state index in [9.17, 15) is 4.39 Å². The van der Waals surface area contributed by atoms with Crippen molar-refractivity contribution in [2.45, 2.75) is 19.4 Å². The van der Waals surface area contributed by atoms with Crippen LogP contribution in [0.3, 0.4) is 0 Å². The smallest absolute Gasteiger partial charge is 0.123 e. The molecule has 2 aromatic rings. The summed E-state index contributed by atoms with van der Waals surface area (Å²) in [6, 6.07) is 6.82. The maximum absolute atomic E-state index is 13.2. The maximum atomic E-state index is 13.2. The predicted octanol–water partition coefficient (Wildman–Crippen LogP) is 4.35. The zero-order valence-electron chi connectivity index (χ0n) is 10.3. The summed E-state index contributed by atoms with van der Waals surface area (Å²) >= 11 is 7.92. The van der Waals surface area contributed by atoms with E-state index in [1.807, 2.05) is 25.4 Å². The van der Waals surface area contributed by atoms with Gasteiger partial charge in [0, 0.05) is 10.9 Å². The molecule has 0 saturated carbocycles. The maximum Gasteiger partial charge on any atom is 0.123 e. The van der Waals surface area contributed by atoms with Crippen LogP contribution in [0.5, 0.6) is 0 Å².